The van der Waals surface area contributed by atoms with E-state index in [1.807, 2.05) is 14.1 Å². The quantitative estimate of drug-likeness (QED) is 0.779. The highest BCUT2D eigenvalue weighted by Crippen LogP contribution is 2.11. The zero-order valence-corrected chi connectivity index (χ0v) is 10.4. The number of halogens is 1. The van der Waals surface area contributed by atoms with Crippen LogP contribution in [-0.4, -0.2) is 36.6 Å². The van der Waals surface area contributed by atoms with Gasteiger partial charge in [-0.3, -0.25) is 0 Å². The average Bonchev–Trinajstić information content (AvgIpc) is 2.15. The molecule has 0 radical (unpaired) electrons. The summed E-state index contributed by atoms with van der Waals surface area (Å²) in [6.07, 6.45) is 0. The average molecular weight is 225 g/mol. The van der Waals surface area contributed by atoms with E-state index in [1.54, 1.807) is 12.1 Å². The molecule has 0 aromatic carbocycles. The highest BCUT2D eigenvalue weighted by atomic mass is 19.1. The molecular weight excluding hydrogens is 205 g/mol. The number of hydrogen-bond acceptors (Lipinski definition) is 3. The molecule has 0 aliphatic rings. The standard InChI is InChI=1S/C12H20FN3/c1-9(2)10(8-16(3)4)14-12-7-5-6-11(13)15-12/h5-7,9-10H,8H2,1-4H3,(H,14,15). The SMILES string of the molecule is CC(C)C(CN(C)C)Nc1cccc(F)n1. The molecule has 16 heavy (non-hydrogen) atoms. The maximum atomic E-state index is 12.9. The van der Waals surface area contributed by atoms with Crippen molar-refractivity contribution in [1.82, 2.24) is 9.88 Å². The van der Waals surface area contributed by atoms with Crippen LogP contribution in [0.3, 0.4) is 0 Å². The maximum Gasteiger partial charge on any atom is 0.214 e. The van der Waals surface area contributed by atoms with Gasteiger partial charge < -0.3 is 10.2 Å². The monoisotopic (exact) mass is 225 g/mol. The maximum absolute atomic E-state index is 12.9. The summed E-state index contributed by atoms with van der Waals surface area (Å²) in [5.74, 6) is 0.616. The molecule has 1 rings (SSSR count). The zero-order valence-electron chi connectivity index (χ0n) is 10.4. The van der Waals surface area contributed by atoms with Gasteiger partial charge in [0, 0.05) is 12.6 Å². The Morgan fingerprint density at radius 3 is 2.56 bits per heavy atom. The first-order chi connectivity index (χ1) is 7.49. The number of anilines is 1. The van der Waals surface area contributed by atoms with Crippen LogP contribution in [0, 0.1) is 11.9 Å². The molecule has 1 unspecified atom stereocenters. The Morgan fingerprint density at radius 1 is 1.38 bits per heavy atom. The summed E-state index contributed by atoms with van der Waals surface area (Å²) in [5, 5.41) is 3.26. The van der Waals surface area contributed by atoms with Crippen molar-refractivity contribution in [3.05, 3.63) is 24.1 Å². The number of hydrogen-bond donors (Lipinski definition) is 1. The Kier molecular flexibility index (Phi) is 4.68. The molecule has 1 aromatic rings. The summed E-state index contributed by atoms with van der Waals surface area (Å²) in [5.41, 5.74) is 0. The van der Waals surface area contributed by atoms with Gasteiger partial charge in [0.2, 0.25) is 5.95 Å². The summed E-state index contributed by atoms with van der Waals surface area (Å²) in [6, 6.07) is 5.07. The summed E-state index contributed by atoms with van der Waals surface area (Å²) < 4.78 is 12.9. The van der Waals surface area contributed by atoms with Crippen molar-refractivity contribution in [1.29, 1.82) is 0 Å². The molecule has 0 aliphatic carbocycles. The first-order valence-electron chi connectivity index (χ1n) is 5.53. The lowest BCUT2D eigenvalue weighted by Crippen LogP contribution is -2.36. The molecule has 3 nitrogen and oxygen atoms in total. The lowest BCUT2D eigenvalue weighted by atomic mass is 10.0. The second-order valence-corrected chi connectivity index (χ2v) is 4.60. The van der Waals surface area contributed by atoms with Crippen molar-refractivity contribution in [2.45, 2.75) is 19.9 Å². The fourth-order valence-corrected chi connectivity index (χ4v) is 1.50. The van der Waals surface area contributed by atoms with Crippen LogP contribution in [0.25, 0.3) is 0 Å². The lowest BCUT2D eigenvalue weighted by Gasteiger charge is -2.26. The molecule has 1 atom stereocenters. The third kappa shape index (κ3) is 4.14. The normalized spacial score (nSPS) is 13.2. The largest absolute Gasteiger partial charge is 0.366 e. The van der Waals surface area contributed by atoms with E-state index in [1.165, 1.54) is 6.07 Å². The Hall–Kier alpha value is -1.16. The van der Waals surface area contributed by atoms with Gasteiger partial charge in [-0.05, 0) is 32.1 Å². The van der Waals surface area contributed by atoms with Gasteiger partial charge >= 0.3 is 0 Å². The smallest absolute Gasteiger partial charge is 0.214 e. The molecule has 1 N–H and O–H groups in total. The molecule has 4 heteroatoms. The Labute approximate surface area is 96.7 Å². The summed E-state index contributed by atoms with van der Waals surface area (Å²) in [4.78, 5) is 5.91. The van der Waals surface area contributed by atoms with E-state index in [0.717, 1.165) is 6.54 Å². The third-order valence-electron chi connectivity index (χ3n) is 2.41. The van der Waals surface area contributed by atoms with Crippen molar-refractivity contribution in [3.8, 4) is 0 Å². The third-order valence-corrected chi connectivity index (χ3v) is 2.41. The predicted octanol–water partition coefficient (Wildman–Crippen LogP) is 2.22. The molecule has 0 saturated heterocycles. The van der Waals surface area contributed by atoms with E-state index < -0.39 is 5.95 Å². The molecule has 1 aromatic heterocycles. The van der Waals surface area contributed by atoms with Gasteiger partial charge in [0.25, 0.3) is 0 Å². The lowest BCUT2D eigenvalue weighted by molar-refractivity contribution is 0.344. The molecule has 0 amide bonds. The van der Waals surface area contributed by atoms with Crippen LogP contribution in [0.4, 0.5) is 10.2 Å². The van der Waals surface area contributed by atoms with Gasteiger partial charge in [-0.1, -0.05) is 19.9 Å². The van der Waals surface area contributed by atoms with Crippen molar-refractivity contribution in [2.24, 2.45) is 5.92 Å². The highest BCUT2D eigenvalue weighted by molar-refractivity contribution is 5.35. The number of nitrogens with zero attached hydrogens (tertiary/aromatic N) is 2. The van der Waals surface area contributed by atoms with Gasteiger partial charge in [0.15, 0.2) is 0 Å². The van der Waals surface area contributed by atoms with Gasteiger partial charge in [-0.15, -0.1) is 0 Å². The van der Waals surface area contributed by atoms with E-state index in [2.05, 4.69) is 29.0 Å². The number of rotatable bonds is 5. The van der Waals surface area contributed by atoms with Gasteiger partial charge in [0.1, 0.15) is 5.82 Å². The van der Waals surface area contributed by atoms with E-state index >= 15 is 0 Å². The van der Waals surface area contributed by atoms with Crippen molar-refractivity contribution in [3.63, 3.8) is 0 Å². The molecule has 0 spiro atoms. The highest BCUT2D eigenvalue weighted by Gasteiger charge is 2.14. The summed E-state index contributed by atoms with van der Waals surface area (Å²) >= 11 is 0. The van der Waals surface area contributed by atoms with Crippen molar-refractivity contribution >= 4 is 5.82 Å². The number of pyridine rings is 1. The van der Waals surface area contributed by atoms with Gasteiger partial charge in [0.05, 0.1) is 0 Å². The second-order valence-electron chi connectivity index (χ2n) is 4.60. The van der Waals surface area contributed by atoms with E-state index in [-0.39, 0.29) is 6.04 Å². The minimum Gasteiger partial charge on any atom is -0.366 e. The minimum absolute atomic E-state index is 0.268. The molecule has 90 valence electrons. The van der Waals surface area contributed by atoms with Crippen LogP contribution in [0.2, 0.25) is 0 Å². The molecule has 0 fully saturated rings. The fraction of sp³-hybridized carbons (Fsp3) is 0.583. The van der Waals surface area contributed by atoms with E-state index in [0.29, 0.717) is 11.7 Å². The van der Waals surface area contributed by atoms with Crippen molar-refractivity contribution < 1.29 is 4.39 Å². The Morgan fingerprint density at radius 2 is 2.06 bits per heavy atom. The molecule has 0 saturated carbocycles. The Balaban J connectivity index is 2.68. The molecule has 0 aliphatic heterocycles. The van der Waals surface area contributed by atoms with Crippen LogP contribution in [0.15, 0.2) is 18.2 Å². The number of nitrogens with one attached hydrogen (secondary N) is 1. The van der Waals surface area contributed by atoms with Crippen LogP contribution >= 0.6 is 0 Å². The predicted molar refractivity (Wildman–Crippen MR) is 65.0 cm³/mol. The molecular formula is C12H20FN3. The van der Waals surface area contributed by atoms with Crippen LogP contribution < -0.4 is 5.32 Å². The first-order valence-corrected chi connectivity index (χ1v) is 5.53. The number of likely N-dealkylation sites (N-methyl/N-ethyl adjacent to an activating group) is 1. The molecule has 0 bridgehead atoms. The van der Waals surface area contributed by atoms with Crippen LogP contribution in [-0.2, 0) is 0 Å². The van der Waals surface area contributed by atoms with E-state index in [9.17, 15) is 4.39 Å². The van der Waals surface area contributed by atoms with Gasteiger partial charge in [-0.25, -0.2) is 4.98 Å². The topological polar surface area (TPSA) is 28.2 Å². The summed E-state index contributed by atoms with van der Waals surface area (Å²) in [7, 11) is 4.05. The fourth-order valence-electron chi connectivity index (χ4n) is 1.50. The van der Waals surface area contributed by atoms with Crippen molar-refractivity contribution in [2.75, 3.05) is 26.0 Å². The van der Waals surface area contributed by atoms with E-state index in [4.69, 9.17) is 0 Å². The first kappa shape index (κ1) is 12.9. The Bertz CT molecular complexity index is 326. The molecule has 1 heterocycles. The number of aromatic nitrogens is 1. The van der Waals surface area contributed by atoms with Gasteiger partial charge in [-0.2, -0.15) is 4.39 Å². The minimum atomic E-state index is -0.447. The van der Waals surface area contributed by atoms with Crippen LogP contribution in [0.5, 0.6) is 0 Å². The van der Waals surface area contributed by atoms with Crippen LogP contribution in [0.1, 0.15) is 13.8 Å². The summed E-state index contributed by atoms with van der Waals surface area (Å²) in [6.45, 7) is 5.18. The zero-order chi connectivity index (χ0) is 12.1. The second kappa shape index (κ2) is 5.80.